The Bertz CT molecular complexity index is 755. The van der Waals surface area contributed by atoms with Crippen LogP contribution in [-0.4, -0.2) is 20.2 Å². The van der Waals surface area contributed by atoms with Gasteiger partial charge in [-0.3, -0.25) is 5.10 Å². The highest BCUT2D eigenvalue weighted by molar-refractivity contribution is 5.80. The molecule has 0 fully saturated rings. The molecule has 0 saturated heterocycles. The van der Waals surface area contributed by atoms with Crippen LogP contribution in [0.15, 0.2) is 24.4 Å². The number of halogens is 1. The molecule has 0 bridgehead atoms. The number of nitrogen functional groups attached to an aromatic ring is 1. The third-order valence-electron chi connectivity index (χ3n) is 2.65. The normalized spacial score (nSPS) is 10.8. The highest BCUT2D eigenvalue weighted by Crippen LogP contribution is 2.29. The molecule has 3 rings (SSSR count). The number of nitrogens with two attached hydrogens (primary N) is 1. The molecule has 0 aliphatic heterocycles. The molecule has 19 heavy (non-hydrogen) atoms. The molecule has 0 saturated carbocycles. The van der Waals surface area contributed by atoms with Crippen molar-refractivity contribution in [2.45, 2.75) is 6.92 Å². The first-order chi connectivity index (χ1) is 9.13. The maximum atomic E-state index is 13.2. The summed E-state index contributed by atoms with van der Waals surface area (Å²) in [5.74, 6) is 0.289. The first-order valence-corrected chi connectivity index (χ1v) is 5.54. The molecule has 6 nitrogen and oxygen atoms in total. The average Bonchev–Trinajstić information content (AvgIpc) is 2.82. The Morgan fingerprint density at radius 2 is 2.16 bits per heavy atom. The van der Waals surface area contributed by atoms with Crippen LogP contribution in [0.3, 0.4) is 0 Å². The second-order valence-corrected chi connectivity index (χ2v) is 4.03. The zero-order chi connectivity index (χ0) is 13.4. The SMILES string of the molecule is Cc1ccc(F)cc1Oc1nc(N)nc2[nH]ncc12. The van der Waals surface area contributed by atoms with Crippen molar-refractivity contribution in [1.29, 1.82) is 0 Å². The molecular weight excluding hydrogens is 249 g/mol. The van der Waals surface area contributed by atoms with Gasteiger partial charge >= 0.3 is 0 Å². The van der Waals surface area contributed by atoms with Crippen molar-refractivity contribution in [3.8, 4) is 11.6 Å². The minimum atomic E-state index is -0.383. The van der Waals surface area contributed by atoms with E-state index in [0.29, 0.717) is 16.8 Å². The maximum absolute atomic E-state index is 13.2. The number of fused-ring (bicyclic) bond motifs is 1. The standard InChI is InChI=1S/C12H10FN5O/c1-6-2-3-7(13)4-9(6)19-11-8-5-15-18-10(8)16-12(14)17-11/h2-5H,1H3,(H3,14,15,16,17,18). The average molecular weight is 259 g/mol. The Balaban J connectivity index is 2.10. The number of hydrogen-bond donors (Lipinski definition) is 2. The number of anilines is 1. The van der Waals surface area contributed by atoms with Crippen LogP contribution in [0.2, 0.25) is 0 Å². The van der Waals surface area contributed by atoms with E-state index in [-0.39, 0.29) is 17.6 Å². The molecule has 7 heteroatoms. The molecule has 3 N–H and O–H groups in total. The molecule has 0 aliphatic carbocycles. The number of rotatable bonds is 2. The molecule has 0 radical (unpaired) electrons. The van der Waals surface area contributed by atoms with Gasteiger partial charge in [-0.05, 0) is 18.6 Å². The van der Waals surface area contributed by atoms with Crippen LogP contribution in [0.5, 0.6) is 11.6 Å². The summed E-state index contributed by atoms with van der Waals surface area (Å²) in [5, 5.41) is 7.11. The van der Waals surface area contributed by atoms with Gasteiger partial charge in [-0.2, -0.15) is 15.1 Å². The van der Waals surface area contributed by atoms with E-state index >= 15 is 0 Å². The summed E-state index contributed by atoms with van der Waals surface area (Å²) in [6.45, 7) is 1.81. The lowest BCUT2D eigenvalue weighted by atomic mass is 10.2. The summed E-state index contributed by atoms with van der Waals surface area (Å²) in [6.07, 6.45) is 1.53. The van der Waals surface area contributed by atoms with Gasteiger partial charge in [0.25, 0.3) is 0 Å². The summed E-state index contributed by atoms with van der Waals surface area (Å²) in [7, 11) is 0. The third kappa shape index (κ3) is 2.05. The number of hydrogen-bond acceptors (Lipinski definition) is 5. The topological polar surface area (TPSA) is 89.7 Å². The number of nitrogens with one attached hydrogen (secondary N) is 1. The van der Waals surface area contributed by atoms with Crippen molar-refractivity contribution in [2.75, 3.05) is 5.73 Å². The molecule has 0 unspecified atom stereocenters. The molecule has 3 aromatic rings. The van der Waals surface area contributed by atoms with Crippen LogP contribution in [0.1, 0.15) is 5.56 Å². The van der Waals surface area contributed by atoms with Crippen molar-refractivity contribution < 1.29 is 9.13 Å². The maximum Gasteiger partial charge on any atom is 0.235 e. The Morgan fingerprint density at radius 1 is 1.32 bits per heavy atom. The second-order valence-electron chi connectivity index (χ2n) is 4.03. The van der Waals surface area contributed by atoms with Gasteiger partial charge in [0.15, 0.2) is 5.65 Å². The lowest BCUT2D eigenvalue weighted by Crippen LogP contribution is -1.98. The highest BCUT2D eigenvalue weighted by atomic mass is 19.1. The molecular formula is C12H10FN5O. The number of ether oxygens (including phenoxy) is 1. The van der Waals surface area contributed by atoms with Crippen molar-refractivity contribution in [1.82, 2.24) is 20.2 Å². The number of aromatic amines is 1. The Labute approximate surface area is 107 Å². The van der Waals surface area contributed by atoms with Crippen LogP contribution in [0.25, 0.3) is 11.0 Å². The van der Waals surface area contributed by atoms with Crippen LogP contribution in [0, 0.1) is 12.7 Å². The van der Waals surface area contributed by atoms with Gasteiger partial charge in [-0.25, -0.2) is 4.39 Å². The minimum Gasteiger partial charge on any atom is -0.438 e. The highest BCUT2D eigenvalue weighted by Gasteiger charge is 2.12. The zero-order valence-corrected chi connectivity index (χ0v) is 10.0. The van der Waals surface area contributed by atoms with E-state index in [0.717, 1.165) is 5.56 Å². The van der Waals surface area contributed by atoms with E-state index in [4.69, 9.17) is 10.5 Å². The summed E-state index contributed by atoms with van der Waals surface area (Å²) >= 11 is 0. The Hall–Kier alpha value is -2.70. The first kappa shape index (κ1) is 11.4. The fraction of sp³-hybridized carbons (Fsp3) is 0.0833. The molecule has 1 aromatic carbocycles. The largest absolute Gasteiger partial charge is 0.438 e. The molecule has 2 heterocycles. The number of H-pyrrole nitrogens is 1. The number of aromatic nitrogens is 4. The van der Waals surface area contributed by atoms with Gasteiger partial charge in [0.05, 0.1) is 6.20 Å². The minimum absolute atomic E-state index is 0.0563. The van der Waals surface area contributed by atoms with Gasteiger partial charge in [0, 0.05) is 6.07 Å². The monoisotopic (exact) mass is 259 g/mol. The van der Waals surface area contributed by atoms with E-state index in [1.165, 1.54) is 18.3 Å². The van der Waals surface area contributed by atoms with Crippen molar-refractivity contribution in [3.63, 3.8) is 0 Å². The van der Waals surface area contributed by atoms with Gasteiger partial charge in [0.2, 0.25) is 11.8 Å². The molecule has 0 amide bonds. The number of nitrogens with zero attached hydrogens (tertiary/aromatic N) is 3. The van der Waals surface area contributed by atoms with E-state index < -0.39 is 0 Å². The van der Waals surface area contributed by atoms with Gasteiger partial charge in [-0.15, -0.1) is 0 Å². The van der Waals surface area contributed by atoms with E-state index in [1.807, 2.05) is 6.92 Å². The third-order valence-corrected chi connectivity index (χ3v) is 2.65. The Morgan fingerprint density at radius 3 is 3.00 bits per heavy atom. The van der Waals surface area contributed by atoms with E-state index in [9.17, 15) is 4.39 Å². The summed E-state index contributed by atoms with van der Waals surface area (Å²) in [6, 6.07) is 4.28. The number of benzene rings is 1. The molecule has 0 spiro atoms. The van der Waals surface area contributed by atoms with Crippen LogP contribution in [-0.2, 0) is 0 Å². The van der Waals surface area contributed by atoms with E-state index in [2.05, 4.69) is 20.2 Å². The predicted octanol–water partition coefficient (Wildman–Crippen LogP) is 2.17. The van der Waals surface area contributed by atoms with Crippen molar-refractivity contribution in [2.24, 2.45) is 0 Å². The van der Waals surface area contributed by atoms with Gasteiger partial charge in [-0.1, -0.05) is 6.07 Å². The fourth-order valence-corrected chi connectivity index (χ4v) is 1.69. The van der Waals surface area contributed by atoms with Gasteiger partial charge in [0.1, 0.15) is 17.0 Å². The van der Waals surface area contributed by atoms with Crippen molar-refractivity contribution in [3.05, 3.63) is 35.8 Å². The van der Waals surface area contributed by atoms with Crippen molar-refractivity contribution >= 4 is 17.0 Å². The lowest BCUT2D eigenvalue weighted by molar-refractivity contribution is 0.460. The van der Waals surface area contributed by atoms with Gasteiger partial charge < -0.3 is 10.5 Å². The summed E-state index contributed by atoms with van der Waals surface area (Å²) < 4.78 is 18.8. The molecule has 96 valence electrons. The first-order valence-electron chi connectivity index (χ1n) is 5.54. The number of aryl methyl sites for hydroxylation is 1. The van der Waals surface area contributed by atoms with Crippen LogP contribution in [0.4, 0.5) is 10.3 Å². The molecule has 2 aromatic heterocycles. The fourth-order valence-electron chi connectivity index (χ4n) is 1.69. The Kier molecular flexibility index (Phi) is 2.52. The second kappa shape index (κ2) is 4.20. The van der Waals surface area contributed by atoms with Crippen LogP contribution < -0.4 is 10.5 Å². The molecule has 0 atom stereocenters. The lowest BCUT2D eigenvalue weighted by Gasteiger charge is -2.08. The smallest absolute Gasteiger partial charge is 0.235 e. The van der Waals surface area contributed by atoms with E-state index in [1.54, 1.807) is 6.07 Å². The zero-order valence-electron chi connectivity index (χ0n) is 10.0. The quantitative estimate of drug-likeness (QED) is 0.736. The summed E-state index contributed by atoms with van der Waals surface area (Å²) in [5.41, 5.74) is 6.84. The van der Waals surface area contributed by atoms with Crippen LogP contribution >= 0.6 is 0 Å². The predicted molar refractivity (Wildman–Crippen MR) is 67.3 cm³/mol. The molecule has 0 aliphatic rings. The summed E-state index contributed by atoms with van der Waals surface area (Å²) in [4.78, 5) is 7.97.